The molecular weight excluding hydrogens is 338 g/mol. The van der Waals surface area contributed by atoms with Crippen LogP contribution in [0.25, 0.3) is 11.7 Å². The van der Waals surface area contributed by atoms with Crippen molar-refractivity contribution in [2.75, 3.05) is 13.1 Å². The van der Waals surface area contributed by atoms with Crippen molar-refractivity contribution in [3.63, 3.8) is 0 Å². The molecule has 0 spiro atoms. The number of aromatic nitrogens is 4. The third-order valence-corrected chi connectivity index (χ3v) is 4.48. The van der Waals surface area contributed by atoms with Crippen LogP contribution >= 0.6 is 0 Å². The Hall–Kier alpha value is -3.23. The molecule has 1 fully saturated rings. The number of carbonyl (C=O) groups excluding carboxylic acids is 1. The first-order valence-electron chi connectivity index (χ1n) is 8.33. The van der Waals surface area contributed by atoms with Gasteiger partial charge >= 0.3 is 0 Å². The molecule has 4 rings (SSSR count). The molecule has 3 aromatic rings. The predicted molar refractivity (Wildman–Crippen MR) is 89.4 cm³/mol. The summed E-state index contributed by atoms with van der Waals surface area (Å²) >= 11 is 0. The third-order valence-electron chi connectivity index (χ3n) is 4.48. The molecule has 26 heavy (non-hydrogen) atoms. The van der Waals surface area contributed by atoms with Crippen molar-refractivity contribution in [1.29, 1.82) is 0 Å². The number of hydrogen-bond acceptors (Lipinski definition) is 7. The van der Waals surface area contributed by atoms with Crippen LogP contribution in [0.3, 0.4) is 0 Å². The van der Waals surface area contributed by atoms with Gasteiger partial charge in [-0.25, -0.2) is 4.68 Å². The fourth-order valence-electron chi connectivity index (χ4n) is 3.01. The fourth-order valence-corrected chi connectivity index (χ4v) is 3.01. The van der Waals surface area contributed by atoms with E-state index in [1.807, 2.05) is 0 Å². The summed E-state index contributed by atoms with van der Waals surface area (Å²) in [6.07, 6.45) is 2.99. The third kappa shape index (κ3) is 3.03. The quantitative estimate of drug-likeness (QED) is 0.699. The van der Waals surface area contributed by atoms with Crippen LogP contribution in [0.4, 0.5) is 0 Å². The largest absolute Gasteiger partial charge is 0.459 e. The molecule has 0 unspecified atom stereocenters. The van der Waals surface area contributed by atoms with E-state index < -0.39 is 0 Å². The molecular formula is C17H17N5O4. The number of nitrogens with zero attached hydrogens (tertiary/aromatic N) is 5. The molecule has 9 heteroatoms. The van der Waals surface area contributed by atoms with Crippen molar-refractivity contribution in [2.24, 2.45) is 7.05 Å². The van der Waals surface area contributed by atoms with Crippen LogP contribution in [-0.2, 0) is 7.05 Å². The highest BCUT2D eigenvalue weighted by Crippen LogP contribution is 2.29. The fraction of sp³-hybridized carbons (Fsp3) is 0.353. The van der Waals surface area contributed by atoms with Gasteiger partial charge in [0.2, 0.25) is 5.89 Å². The molecule has 0 aromatic carbocycles. The molecule has 0 aliphatic carbocycles. The topological polar surface area (TPSA) is 107 Å². The van der Waals surface area contributed by atoms with Crippen LogP contribution < -0.4 is 5.56 Å². The first-order chi connectivity index (χ1) is 12.6. The standard InChI is InChI=1S/C17H17N5O4/c1-21-14(23)5-4-12(20-21)17(24)22-8-6-11(7-9-22)15-18-19-16(26-15)13-3-2-10-25-13/h2-5,10-11H,6-9H2,1H3. The minimum absolute atomic E-state index is 0.100. The maximum atomic E-state index is 12.6. The van der Waals surface area contributed by atoms with Crippen LogP contribution in [0.15, 0.2) is 44.2 Å². The van der Waals surface area contributed by atoms with Gasteiger partial charge in [0.05, 0.1) is 6.26 Å². The molecule has 1 saturated heterocycles. The Kier molecular flexibility index (Phi) is 4.11. The summed E-state index contributed by atoms with van der Waals surface area (Å²) < 4.78 is 12.1. The number of aryl methyl sites for hydroxylation is 1. The zero-order chi connectivity index (χ0) is 18.1. The Labute approximate surface area is 148 Å². The molecule has 1 aliphatic heterocycles. The Morgan fingerprint density at radius 1 is 1.19 bits per heavy atom. The first kappa shape index (κ1) is 16.2. The molecule has 134 valence electrons. The van der Waals surface area contributed by atoms with E-state index in [9.17, 15) is 9.59 Å². The maximum Gasteiger partial charge on any atom is 0.283 e. The molecule has 0 saturated carbocycles. The van der Waals surface area contributed by atoms with Gasteiger partial charge in [0.15, 0.2) is 5.76 Å². The average Bonchev–Trinajstić information content (AvgIpc) is 3.35. The maximum absolute atomic E-state index is 12.6. The van der Waals surface area contributed by atoms with Crippen LogP contribution in [0.1, 0.15) is 35.1 Å². The zero-order valence-corrected chi connectivity index (χ0v) is 14.2. The summed E-state index contributed by atoms with van der Waals surface area (Å²) in [4.78, 5) is 25.7. The summed E-state index contributed by atoms with van der Waals surface area (Å²) in [6, 6.07) is 6.33. The second kappa shape index (κ2) is 6.58. The van der Waals surface area contributed by atoms with Crippen LogP contribution in [0.2, 0.25) is 0 Å². The van der Waals surface area contributed by atoms with Gasteiger partial charge in [-0.05, 0) is 31.0 Å². The molecule has 9 nitrogen and oxygen atoms in total. The van der Waals surface area contributed by atoms with Crippen molar-refractivity contribution in [2.45, 2.75) is 18.8 Å². The van der Waals surface area contributed by atoms with E-state index >= 15 is 0 Å². The smallest absolute Gasteiger partial charge is 0.283 e. The van der Waals surface area contributed by atoms with E-state index in [1.165, 1.54) is 19.2 Å². The lowest BCUT2D eigenvalue weighted by Crippen LogP contribution is -2.39. The lowest BCUT2D eigenvalue weighted by molar-refractivity contribution is 0.0698. The Balaban J connectivity index is 1.41. The van der Waals surface area contributed by atoms with E-state index in [0.717, 1.165) is 17.5 Å². The lowest BCUT2D eigenvalue weighted by atomic mass is 9.96. The monoisotopic (exact) mass is 355 g/mol. The highest BCUT2D eigenvalue weighted by atomic mass is 16.4. The van der Waals surface area contributed by atoms with Crippen molar-refractivity contribution in [3.05, 3.63) is 52.5 Å². The van der Waals surface area contributed by atoms with E-state index in [0.29, 0.717) is 30.6 Å². The van der Waals surface area contributed by atoms with Crippen molar-refractivity contribution in [1.82, 2.24) is 24.9 Å². The number of likely N-dealkylation sites (tertiary alicyclic amines) is 1. The van der Waals surface area contributed by atoms with Gasteiger partial charge in [0, 0.05) is 32.1 Å². The van der Waals surface area contributed by atoms with Gasteiger partial charge in [-0.3, -0.25) is 9.59 Å². The van der Waals surface area contributed by atoms with E-state index in [4.69, 9.17) is 8.83 Å². The number of furan rings is 1. The van der Waals surface area contributed by atoms with Gasteiger partial charge < -0.3 is 13.7 Å². The minimum atomic E-state index is -0.246. The van der Waals surface area contributed by atoms with Crippen molar-refractivity contribution < 1.29 is 13.6 Å². The van der Waals surface area contributed by atoms with Crippen LogP contribution in [-0.4, -0.2) is 43.9 Å². The highest BCUT2D eigenvalue weighted by molar-refractivity contribution is 5.92. The Morgan fingerprint density at radius 3 is 2.69 bits per heavy atom. The molecule has 3 aromatic heterocycles. The summed E-state index contributed by atoms with van der Waals surface area (Å²) in [5.41, 5.74) is 0.0208. The summed E-state index contributed by atoms with van der Waals surface area (Å²) in [6.45, 7) is 1.12. The average molecular weight is 355 g/mol. The molecule has 0 atom stereocenters. The SMILES string of the molecule is Cn1nc(C(=O)N2CCC(c3nnc(-c4ccco4)o3)CC2)ccc1=O. The van der Waals surface area contributed by atoms with Gasteiger partial charge in [0.25, 0.3) is 17.4 Å². The number of amides is 1. The first-order valence-corrected chi connectivity index (χ1v) is 8.33. The van der Waals surface area contributed by atoms with Crippen molar-refractivity contribution in [3.8, 4) is 11.7 Å². The van der Waals surface area contributed by atoms with Crippen LogP contribution in [0, 0.1) is 0 Å². The summed E-state index contributed by atoms with van der Waals surface area (Å²) in [5.74, 6) is 1.38. The number of hydrogen-bond donors (Lipinski definition) is 0. The molecule has 4 heterocycles. The molecule has 0 bridgehead atoms. The zero-order valence-electron chi connectivity index (χ0n) is 14.2. The Bertz CT molecular complexity index is 967. The number of rotatable bonds is 3. The normalized spacial score (nSPS) is 15.3. The summed E-state index contributed by atoms with van der Waals surface area (Å²) in [7, 11) is 1.53. The molecule has 0 radical (unpaired) electrons. The molecule has 0 N–H and O–H groups in total. The van der Waals surface area contributed by atoms with Gasteiger partial charge in [-0.15, -0.1) is 10.2 Å². The summed E-state index contributed by atoms with van der Waals surface area (Å²) in [5, 5.41) is 12.2. The van der Waals surface area contributed by atoms with Gasteiger partial charge in [-0.1, -0.05) is 0 Å². The highest BCUT2D eigenvalue weighted by Gasteiger charge is 2.29. The van der Waals surface area contributed by atoms with E-state index in [1.54, 1.807) is 23.3 Å². The minimum Gasteiger partial charge on any atom is -0.459 e. The van der Waals surface area contributed by atoms with Crippen molar-refractivity contribution >= 4 is 5.91 Å². The second-order valence-corrected chi connectivity index (χ2v) is 6.17. The lowest BCUT2D eigenvalue weighted by Gasteiger charge is -2.30. The number of carbonyl (C=O) groups is 1. The van der Waals surface area contributed by atoms with Crippen LogP contribution in [0.5, 0.6) is 0 Å². The van der Waals surface area contributed by atoms with Gasteiger partial charge in [-0.2, -0.15) is 5.10 Å². The van der Waals surface area contributed by atoms with E-state index in [2.05, 4.69) is 15.3 Å². The Morgan fingerprint density at radius 2 is 2.00 bits per heavy atom. The van der Waals surface area contributed by atoms with E-state index in [-0.39, 0.29) is 23.1 Å². The number of piperidine rings is 1. The second-order valence-electron chi connectivity index (χ2n) is 6.17. The molecule has 1 amide bonds. The predicted octanol–water partition coefficient (Wildman–Crippen LogP) is 1.44. The molecule has 1 aliphatic rings. The van der Waals surface area contributed by atoms with Gasteiger partial charge in [0.1, 0.15) is 5.69 Å².